The summed E-state index contributed by atoms with van der Waals surface area (Å²) in [5, 5.41) is 0. The summed E-state index contributed by atoms with van der Waals surface area (Å²) in [6.45, 7) is 0.429. The number of amides is 2. The fourth-order valence-electron chi connectivity index (χ4n) is 2.62. The van der Waals surface area contributed by atoms with Crippen LogP contribution in [0.2, 0.25) is 0 Å². The molecule has 0 bridgehead atoms. The molecule has 1 fully saturated rings. The van der Waals surface area contributed by atoms with Crippen molar-refractivity contribution in [1.29, 1.82) is 0 Å². The third kappa shape index (κ3) is 4.12. The largest absolute Gasteiger partial charge is 0.340 e. The summed E-state index contributed by atoms with van der Waals surface area (Å²) in [5.74, 6) is -6.34. The van der Waals surface area contributed by atoms with E-state index in [-0.39, 0.29) is 17.9 Å². The van der Waals surface area contributed by atoms with Gasteiger partial charge in [-0.05, 0) is 18.6 Å². The first-order valence-electron chi connectivity index (χ1n) is 7.41. The Morgan fingerprint density at radius 1 is 1.20 bits per heavy atom. The second-order valence-electron chi connectivity index (χ2n) is 5.86. The van der Waals surface area contributed by atoms with Gasteiger partial charge in [0.2, 0.25) is 11.8 Å². The highest BCUT2D eigenvalue weighted by atomic mass is 32.2. The first-order valence-corrected chi connectivity index (χ1v) is 9.23. The van der Waals surface area contributed by atoms with E-state index in [9.17, 15) is 31.2 Å². The van der Waals surface area contributed by atoms with E-state index in [0.29, 0.717) is 11.0 Å². The van der Waals surface area contributed by atoms with Crippen LogP contribution >= 0.6 is 0 Å². The average Bonchev–Trinajstić information content (AvgIpc) is 2.90. The summed E-state index contributed by atoms with van der Waals surface area (Å²) < 4.78 is 63.4. The molecular weight excluding hydrogens is 361 g/mol. The molecule has 0 aliphatic carbocycles. The van der Waals surface area contributed by atoms with Crippen LogP contribution in [0.5, 0.6) is 0 Å². The van der Waals surface area contributed by atoms with E-state index >= 15 is 0 Å². The minimum absolute atomic E-state index is 0.0382. The molecule has 1 atom stereocenters. The summed E-state index contributed by atoms with van der Waals surface area (Å²) in [6, 6.07) is 0.977. The minimum Gasteiger partial charge on any atom is -0.340 e. The highest BCUT2D eigenvalue weighted by Crippen LogP contribution is 2.24. The molecule has 0 spiro atoms. The van der Waals surface area contributed by atoms with Gasteiger partial charge in [-0.15, -0.1) is 0 Å². The zero-order valence-electron chi connectivity index (χ0n) is 13.6. The smallest absolute Gasteiger partial charge is 0.242 e. The Balaban J connectivity index is 2.21. The Morgan fingerprint density at radius 3 is 2.36 bits per heavy atom. The maximum atomic E-state index is 13.9. The van der Waals surface area contributed by atoms with Crippen molar-refractivity contribution in [1.82, 2.24) is 4.90 Å². The molecule has 0 saturated carbocycles. The highest BCUT2D eigenvalue weighted by Gasteiger charge is 2.34. The number of likely N-dealkylation sites (N-methyl/N-ethyl adjacent to an activating group) is 1. The maximum Gasteiger partial charge on any atom is 0.242 e. The Kier molecular flexibility index (Phi) is 5.40. The van der Waals surface area contributed by atoms with Crippen molar-refractivity contribution in [3.63, 3.8) is 0 Å². The van der Waals surface area contributed by atoms with Crippen LogP contribution in [0.15, 0.2) is 12.1 Å². The van der Waals surface area contributed by atoms with Crippen molar-refractivity contribution in [2.45, 2.75) is 19.4 Å². The first-order chi connectivity index (χ1) is 11.5. The molecule has 0 N–H and O–H groups in total. The molecule has 1 unspecified atom stereocenters. The van der Waals surface area contributed by atoms with Crippen molar-refractivity contribution < 1.29 is 31.2 Å². The van der Waals surface area contributed by atoms with Gasteiger partial charge in [0.15, 0.2) is 27.3 Å². The summed E-state index contributed by atoms with van der Waals surface area (Å²) in [5.41, 5.74) is -0.563. The van der Waals surface area contributed by atoms with Gasteiger partial charge < -0.3 is 9.80 Å². The average molecular weight is 378 g/mol. The number of carbonyl (C=O) groups excluding carboxylic acids is 2. The van der Waals surface area contributed by atoms with Crippen LogP contribution in [0.25, 0.3) is 0 Å². The van der Waals surface area contributed by atoms with Gasteiger partial charge in [0, 0.05) is 20.0 Å². The first kappa shape index (κ1) is 19.2. The summed E-state index contributed by atoms with van der Waals surface area (Å²) in [4.78, 5) is 26.0. The topological polar surface area (TPSA) is 74.8 Å². The van der Waals surface area contributed by atoms with Gasteiger partial charge in [-0.1, -0.05) is 0 Å². The van der Waals surface area contributed by atoms with Crippen LogP contribution in [0.1, 0.15) is 13.3 Å². The number of hydrogen-bond donors (Lipinski definition) is 0. The molecule has 2 rings (SSSR count). The maximum absolute atomic E-state index is 13.9. The molecule has 1 aliphatic heterocycles. The second-order valence-corrected chi connectivity index (χ2v) is 8.09. The number of anilines is 1. The minimum atomic E-state index is -3.21. The van der Waals surface area contributed by atoms with Gasteiger partial charge in [0.1, 0.15) is 6.54 Å². The summed E-state index contributed by atoms with van der Waals surface area (Å²) >= 11 is 0. The highest BCUT2D eigenvalue weighted by molar-refractivity contribution is 7.91. The lowest BCUT2D eigenvalue weighted by molar-refractivity contribution is -0.131. The predicted octanol–water partition coefficient (Wildman–Crippen LogP) is 1.10. The lowest BCUT2D eigenvalue weighted by Crippen LogP contribution is -2.45. The zero-order chi connectivity index (χ0) is 18.9. The fourth-order valence-corrected chi connectivity index (χ4v) is 4.40. The van der Waals surface area contributed by atoms with Crippen LogP contribution in [0, 0.1) is 17.5 Å². The zero-order valence-corrected chi connectivity index (χ0v) is 14.4. The van der Waals surface area contributed by atoms with Crippen LogP contribution < -0.4 is 4.90 Å². The number of carbonyl (C=O) groups is 2. The lowest BCUT2D eigenvalue weighted by Gasteiger charge is -2.28. The predicted molar refractivity (Wildman–Crippen MR) is 84.2 cm³/mol. The third-order valence-corrected chi connectivity index (χ3v) is 5.88. The number of sulfone groups is 1. The molecule has 2 amide bonds. The quantitative estimate of drug-likeness (QED) is 0.736. The van der Waals surface area contributed by atoms with Gasteiger partial charge in [0.25, 0.3) is 0 Å². The second kappa shape index (κ2) is 7.03. The number of benzene rings is 1. The molecule has 25 heavy (non-hydrogen) atoms. The van der Waals surface area contributed by atoms with E-state index < -0.39 is 57.4 Å². The van der Waals surface area contributed by atoms with E-state index in [1.807, 2.05) is 0 Å². The van der Waals surface area contributed by atoms with Crippen LogP contribution in [0.3, 0.4) is 0 Å². The normalized spacial score (nSPS) is 18.8. The van der Waals surface area contributed by atoms with Crippen molar-refractivity contribution in [2.75, 3.05) is 30.0 Å². The van der Waals surface area contributed by atoms with Gasteiger partial charge in [-0.25, -0.2) is 21.6 Å². The Labute approximate surface area is 143 Å². The molecule has 10 heteroatoms. The van der Waals surface area contributed by atoms with Crippen molar-refractivity contribution >= 4 is 27.3 Å². The number of rotatable bonds is 4. The molecule has 0 radical (unpaired) electrons. The molecule has 1 heterocycles. The Bertz CT molecular complexity index is 813. The standard InChI is InChI=1S/C15H17F3N2O4S/c1-9(21)20(12-4-3-11(16)14(17)15(12)18)7-13(22)19(2)10-5-6-25(23,24)8-10/h3-4,10H,5-8H2,1-2H3. The monoisotopic (exact) mass is 378 g/mol. The van der Waals surface area contributed by atoms with Gasteiger partial charge in [0.05, 0.1) is 17.2 Å². The SMILES string of the molecule is CC(=O)N(CC(=O)N(C)C1CCS(=O)(=O)C1)c1ccc(F)c(F)c1F. The molecule has 1 aromatic carbocycles. The van der Waals surface area contributed by atoms with Gasteiger partial charge >= 0.3 is 0 Å². The molecule has 1 aromatic rings. The molecular formula is C15H17F3N2O4S. The summed E-state index contributed by atoms with van der Waals surface area (Å²) in [6.07, 6.45) is 0.268. The summed E-state index contributed by atoms with van der Waals surface area (Å²) in [7, 11) is -1.83. The van der Waals surface area contributed by atoms with Gasteiger partial charge in [-0.2, -0.15) is 0 Å². The third-order valence-electron chi connectivity index (χ3n) is 4.13. The van der Waals surface area contributed by atoms with E-state index in [0.717, 1.165) is 13.0 Å². The number of halogens is 3. The van der Waals surface area contributed by atoms with Crippen LogP contribution in [-0.2, 0) is 19.4 Å². The van der Waals surface area contributed by atoms with Crippen LogP contribution in [-0.4, -0.2) is 56.3 Å². The van der Waals surface area contributed by atoms with E-state index in [1.165, 1.54) is 11.9 Å². The van der Waals surface area contributed by atoms with E-state index in [2.05, 4.69) is 0 Å². The molecule has 1 aliphatic rings. The van der Waals surface area contributed by atoms with E-state index in [4.69, 9.17) is 0 Å². The number of hydrogen-bond acceptors (Lipinski definition) is 4. The van der Waals surface area contributed by atoms with Crippen LogP contribution in [0.4, 0.5) is 18.9 Å². The Hall–Kier alpha value is -2.10. The molecule has 1 saturated heterocycles. The van der Waals surface area contributed by atoms with Crippen molar-refractivity contribution in [2.24, 2.45) is 0 Å². The number of nitrogens with zero attached hydrogens (tertiary/aromatic N) is 2. The van der Waals surface area contributed by atoms with Crippen molar-refractivity contribution in [3.8, 4) is 0 Å². The fraction of sp³-hybridized carbons (Fsp3) is 0.467. The Morgan fingerprint density at radius 2 is 1.84 bits per heavy atom. The molecule has 6 nitrogen and oxygen atoms in total. The lowest BCUT2D eigenvalue weighted by atomic mass is 10.2. The van der Waals surface area contributed by atoms with Gasteiger partial charge in [-0.3, -0.25) is 9.59 Å². The molecule has 138 valence electrons. The van der Waals surface area contributed by atoms with E-state index in [1.54, 1.807) is 0 Å². The van der Waals surface area contributed by atoms with Crippen molar-refractivity contribution in [3.05, 3.63) is 29.6 Å². The molecule has 0 aromatic heterocycles.